The summed E-state index contributed by atoms with van der Waals surface area (Å²) in [5, 5.41) is 15.8. The second-order valence-electron chi connectivity index (χ2n) is 15.3. The Morgan fingerprint density at radius 2 is 1.69 bits per heavy atom. The van der Waals surface area contributed by atoms with Gasteiger partial charge in [0.2, 0.25) is 5.91 Å². The topological polar surface area (TPSA) is 171 Å². The van der Waals surface area contributed by atoms with Crippen LogP contribution in [0, 0.1) is 34.0 Å². The Morgan fingerprint density at radius 3 is 2.33 bits per heavy atom. The summed E-state index contributed by atoms with van der Waals surface area (Å²) in [6.45, 7) is 10.2. The van der Waals surface area contributed by atoms with Gasteiger partial charge in [0, 0.05) is 47.7 Å². The predicted molar refractivity (Wildman–Crippen MR) is 189 cm³/mol. The smallest absolute Gasteiger partial charge is 0.316 e. The average Bonchev–Trinajstić information content (AvgIpc) is 3.43. The lowest BCUT2D eigenvalue weighted by Gasteiger charge is -2.62. The van der Waals surface area contributed by atoms with Crippen molar-refractivity contribution in [3.63, 3.8) is 0 Å². The first-order valence-corrected chi connectivity index (χ1v) is 18.4. The van der Waals surface area contributed by atoms with Gasteiger partial charge < -0.3 is 32.4 Å². The minimum atomic E-state index is -0.724. The first-order valence-electron chi connectivity index (χ1n) is 17.4. The molecule has 3 fully saturated rings. The highest BCUT2D eigenvalue weighted by Gasteiger charge is 2.68. The number of rotatable bonds is 12. The van der Waals surface area contributed by atoms with Crippen molar-refractivity contribution in [3.8, 4) is 0 Å². The van der Waals surface area contributed by atoms with Crippen LogP contribution < -0.4 is 22.5 Å². The lowest BCUT2D eigenvalue weighted by Crippen LogP contribution is -2.64. The third-order valence-electron chi connectivity index (χ3n) is 12.4. The summed E-state index contributed by atoms with van der Waals surface area (Å²) in [6, 6.07) is 15.1. The van der Waals surface area contributed by atoms with Crippen molar-refractivity contribution in [2.45, 2.75) is 102 Å². The van der Waals surface area contributed by atoms with E-state index in [4.69, 9.17) is 21.9 Å². The molecule has 0 radical (unpaired) electrons. The molecule has 0 aromatic heterocycles. The van der Waals surface area contributed by atoms with E-state index < -0.39 is 35.0 Å². The van der Waals surface area contributed by atoms with E-state index in [1.165, 1.54) is 11.8 Å². The average molecular weight is 679 g/mol. The molecule has 3 saturated carbocycles. The van der Waals surface area contributed by atoms with Gasteiger partial charge >= 0.3 is 5.97 Å². The molecule has 2 bridgehead atoms. The Hall–Kier alpha value is -2.76. The highest BCUT2D eigenvalue weighted by atomic mass is 32.2. The van der Waals surface area contributed by atoms with Crippen LogP contribution in [0.1, 0.15) is 76.5 Å². The summed E-state index contributed by atoms with van der Waals surface area (Å²) >= 11 is 1.43. The third kappa shape index (κ3) is 7.10. The maximum atomic E-state index is 13.8. The Bertz CT molecular complexity index is 1470. The van der Waals surface area contributed by atoms with Crippen LogP contribution in [0.25, 0.3) is 0 Å². The number of benzene rings is 2. The van der Waals surface area contributed by atoms with Gasteiger partial charge in [0.15, 0.2) is 0 Å². The van der Waals surface area contributed by atoms with Gasteiger partial charge in [-0.15, -0.1) is 11.8 Å². The van der Waals surface area contributed by atoms with E-state index in [0.29, 0.717) is 38.9 Å². The zero-order valence-corrected chi connectivity index (χ0v) is 29.7. The van der Waals surface area contributed by atoms with Gasteiger partial charge in [-0.05, 0) is 78.2 Å². The number of aliphatic hydroxyl groups excluding tert-OH is 1. The summed E-state index contributed by atoms with van der Waals surface area (Å²) in [7, 11) is 0. The van der Waals surface area contributed by atoms with Crippen LogP contribution in [0.15, 0.2) is 53.4 Å². The molecule has 0 heterocycles. The van der Waals surface area contributed by atoms with Gasteiger partial charge in [-0.25, -0.2) is 0 Å². The van der Waals surface area contributed by atoms with Gasteiger partial charge in [0.25, 0.3) is 0 Å². The zero-order valence-electron chi connectivity index (χ0n) is 28.9. The Kier molecular flexibility index (Phi) is 11.1. The van der Waals surface area contributed by atoms with E-state index >= 15 is 0 Å². The highest BCUT2D eigenvalue weighted by molar-refractivity contribution is 8.00. The van der Waals surface area contributed by atoms with E-state index in [1.807, 2.05) is 48.5 Å². The molecular formula is C38H54N4O5S. The molecular weight excluding hydrogens is 625 g/mol. The van der Waals surface area contributed by atoms with Crippen molar-refractivity contribution >= 4 is 29.4 Å². The van der Waals surface area contributed by atoms with E-state index in [1.54, 1.807) is 0 Å². The number of amides is 1. The number of aliphatic hydroxyl groups is 1. The molecule has 1 amide bonds. The molecule has 3 aliphatic rings. The number of Topliss-reactive ketones (excluding diaryl/α,β-unsaturated/α-hetero) is 1. The van der Waals surface area contributed by atoms with Crippen LogP contribution in [0.4, 0.5) is 0 Å². The number of carbonyl (C=O) groups excluding carboxylic acids is 3. The van der Waals surface area contributed by atoms with Crippen LogP contribution >= 0.6 is 11.8 Å². The van der Waals surface area contributed by atoms with Crippen molar-refractivity contribution in [1.82, 2.24) is 5.32 Å². The zero-order chi connectivity index (χ0) is 34.9. The summed E-state index contributed by atoms with van der Waals surface area (Å²) in [5.74, 6) is -0.607. The largest absolute Gasteiger partial charge is 0.461 e. The molecule has 262 valence electrons. The first-order chi connectivity index (χ1) is 22.7. The van der Waals surface area contributed by atoms with Gasteiger partial charge in [-0.3, -0.25) is 14.4 Å². The molecule has 9 nitrogen and oxygen atoms in total. The molecule has 0 spiro atoms. The molecule has 10 heteroatoms. The number of ketones is 1. The second kappa shape index (κ2) is 14.6. The monoisotopic (exact) mass is 678 g/mol. The molecule has 0 saturated heterocycles. The van der Waals surface area contributed by atoms with E-state index in [9.17, 15) is 19.5 Å². The maximum absolute atomic E-state index is 13.8. The SMILES string of the molecule is C[C@@H]1CC[C@@]23CCC(=O)[C@H]2[C@]1(C)[C@H](OC(=O)CSc1ccc(CN)cc1)C[C@](C)(CNCc1ccc(CC(N)C(N)=O)cc1)[C@@H](O)[C@@H]3C. The fraction of sp³-hybridized carbons (Fsp3) is 0.605. The number of esters is 1. The minimum Gasteiger partial charge on any atom is -0.461 e. The minimum absolute atomic E-state index is 0.0926. The number of ether oxygens (including phenoxy) is 1. The number of nitrogens with two attached hydrogens (primary N) is 3. The number of thioether (sulfide) groups is 1. The van der Waals surface area contributed by atoms with E-state index in [-0.39, 0.29) is 40.7 Å². The second-order valence-corrected chi connectivity index (χ2v) is 16.3. The normalized spacial score (nSPS) is 33.7. The van der Waals surface area contributed by atoms with Crippen LogP contribution in [0.5, 0.6) is 0 Å². The Labute approximate surface area is 289 Å². The lowest BCUT2D eigenvalue weighted by atomic mass is 9.44. The van der Waals surface area contributed by atoms with Crippen LogP contribution in [0.2, 0.25) is 0 Å². The molecule has 9 atom stereocenters. The fourth-order valence-corrected chi connectivity index (χ4v) is 9.91. The van der Waals surface area contributed by atoms with Crippen molar-refractivity contribution in [2.24, 2.45) is 51.2 Å². The Morgan fingerprint density at radius 1 is 1.04 bits per heavy atom. The summed E-state index contributed by atoms with van der Waals surface area (Å²) < 4.78 is 6.50. The lowest BCUT2D eigenvalue weighted by molar-refractivity contribution is -0.210. The molecule has 2 aromatic carbocycles. The Balaban J connectivity index is 1.37. The van der Waals surface area contributed by atoms with Gasteiger partial charge in [-0.1, -0.05) is 64.1 Å². The van der Waals surface area contributed by atoms with Crippen LogP contribution in [0.3, 0.4) is 0 Å². The summed E-state index contributed by atoms with van der Waals surface area (Å²) in [6.07, 6.45) is 2.69. The molecule has 1 unspecified atom stereocenters. The van der Waals surface area contributed by atoms with Crippen LogP contribution in [-0.4, -0.2) is 53.3 Å². The maximum Gasteiger partial charge on any atom is 0.316 e. The van der Waals surface area contributed by atoms with E-state index in [0.717, 1.165) is 40.8 Å². The number of carbonyl (C=O) groups is 3. The number of primary amides is 1. The molecule has 48 heavy (non-hydrogen) atoms. The van der Waals surface area contributed by atoms with Crippen molar-refractivity contribution in [3.05, 3.63) is 65.2 Å². The van der Waals surface area contributed by atoms with Gasteiger partial charge in [0.05, 0.1) is 17.9 Å². The van der Waals surface area contributed by atoms with Crippen molar-refractivity contribution < 1.29 is 24.2 Å². The van der Waals surface area contributed by atoms with Crippen molar-refractivity contribution in [1.29, 1.82) is 0 Å². The molecule has 0 aliphatic heterocycles. The fourth-order valence-electron chi connectivity index (χ4n) is 9.23. The molecule has 3 aliphatic carbocycles. The predicted octanol–water partition coefficient (Wildman–Crippen LogP) is 4.10. The summed E-state index contributed by atoms with van der Waals surface area (Å²) in [4.78, 5) is 39.8. The van der Waals surface area contributed by atoms with Crippen LogP contribution in [-0.2, 0) is 38.6 Å². The molecule has 8 N–H and O–H groups in total. The standard InChI is InChI=1S/C38H54N4O5S/c1-23-13-15-38-16-14-30(43)33(38)37(23,4)31(47-32(44)21-48-28-11-9-26(19-39)10-12-28)18-36(3,34(45)24(38)2)22-42-20-27-7-5-25(6-8-27)17-29(40)35(41)46/h5-12,23-24,29,31,33-34,42,45H,13-22,39-40H2,1-4H3,(H2,41,46)/t23-,24+,29?,31-,33+,34+,36-,37+,38+/m1/s1. The van der Waals surface area contributed by atoms with Gasteiger partial charge in [-0.2, -0.15) is 0 Å². The summed E-state index contributed by atoms with van der Waals surface area (Å²) in [5.41, 5.74) is 18.4. The van der Waals surface area contributed by atoms with E-state index in [2.05, 4.69) is 33.0 Å². The highest BCUT2D eigenvalue weighted by Crippen LogP contribution is 2.67. The quantitative estimate of drug-likeness (QED) is 0.164. The third-order valence-corrected chi connectivity index (χ3v) is 13.4. The van der Waals surface area contributed by atoms with Gasteiger partial charge in [0.1, 0.15) is 11.9 Å². The number of hydrogen-bond donors (Lipinski definition) is 5. The number of hydrogen-bond acceptors (Lipinski definition) is 9. The van der Waals surface area contributed by atoms with Crippen molar-refractivity contribution in [2.75, 3.05) is 12.3 Å². The first kappa shape index (κ1) is 36.5. The molecule has 5 rings (SSSR count). The number of nitrogens with one attached hydrogen (secondary N) is 1. The molecule has 2 aromatic rings.